The van der Waals surface area contributed by atoms with Gasteiger partial charge in [0.2, 0.25) is 5.91 Å². The fourth-order valence-electron chi connectivity index (χ4n) is 3.18. The summed E-state index contributed by atoms with van der Waals surface area (Å²) >= 11 is 0. The van der Waals surface area contributed by atoms with Crippen LogP contribution in [0, 0.1) is 19.8 Å². The van der Waals surface area contributed by atoms with E-state index >= 15 is 0 Å². The third-order valence-corrected chi connectivity index (χ3v) is 4.47. The third kappa shape index (κ3) is 5.21. The molecule has 1 aromatic rings. The summed E-state index contributed by atoms with van der Waals surface area (Å²) in [5.74, 6) is 0.357. The van der Waals surface area contributed by atoms with Gasteiger partial charge in [0.25, 0.3) is 0 Å². The van der Waals surface area contributed by atoms with Crippen molar-refractivity contribution < 1.29 is 9.59 Å². The first kappa shape index (κ1) is 19.3. The Kier molecular flexibility index (Phi) is 5.75. The molecule has 0 saturated carbocycles. The minimum absolute atomic E-state index is 0.0932. The molecule has 0 radical (unpaired) electrons. The van der Waals surface area contributed by atoms with Crippen molar-refractivity contribution in [3.63, 3.8) is 0 Å². The molecule has 7 nitrogen and oxygen atoms in total. The van der Waals surface area contributed by atoms with Crippen LogP contribution in [0.1, 0.15) is 45.5 Å². The number of carbonyl (C=O) groups excluding carboxylic acids is 2. The van der Waals surface area contributed by atoms with Crippen LogP contribution in [-0.4, -0.2) is 51.3 Å². The van der Waals surface area contributed by atoms with E-state index in [1.165, 1.54) is 0 Å². The van der Waals surface area contributed by atoms with Gasteiger partial charge in [0.05, 0.1) is 11.7 Å². The number of urea groups is 1. The van der Waals surface area contributed by atoms with E-state index in [1.807, 2.05) is 50.3 Å². The first-order valence-electron chi connectivity index (χ1n) is 8.92. The van der Waals surface area contributed by atoms with E-state index in [9.17, 15) is 9.59 Å². The normalized spacial score (nSPS) is 19.2. The second-order valence-corrected chi connectivity index (χ2v) is 8.14. The number of rotatable bonds is 5. The quantitative estimate of drug-likeness (QED) is 0.851. The fraction of sp³-hybridized carbons (Fsp3) is 0.722. The van der Waals surface area contributed by atoms with Crippen LogP contribution in [0.5, 0.6) is 0 Å². The molecule has 2 atom stereocenters. The lowest BCUT2D eigenvalue weighted by molar-refractivity contribution is -0.131. The van der Waals surface area contributed by atoms with Gasteiger partial charge in [-0.2, -0.15) is 5.10 Å². The number of amides is 3. The zero-order chi connectivity index (χ0) is 18.8. The molecule has 7 heteroatoms. The van der Waals surface area contributed by atoms with Gasteiger partial charge in [-0.3, -0.25) is 9.48 Å². The van der Waals surface area contributed by atoms with Gasteiger partial charge in [-0.15, -0.1) is 0 Å². The highest BCUT2D eigenvalue weighted by atomic mass is 16.2. The molecule has 0 spiro atoms. The summed E-state index contributed by atoms with van der Waals surface area (Å²) in [6.45, 7) is 14.0. The molecule has 1 aromatic heterocycles. The number of aromatic nitrogens is 2. The molecule has 1 aliphatic rings. The lowest BCUT2D eigenvalue weighted by atomic mass is 10.1. The highest BCUT2D eigenvalue weighted by Crippen LogP contribution is 2.21. The van der Waals surface area contributed by atoms with Crippen molar-refractivity contribution in [2.24, 2.45) is 5.92 Å². The predicted molar refractivity (Wildman–Crippen MR) is 97.3 cm³/mol. The van der Waals surface area contributed by atoms with Crippen LogP contribution in [0.4, 0.5) is 4.79 Å². The predicted octanol–water partition coefficient (Wildman–Crippen LogP) is 1.83. The van der Waals surface area contributed by atoms with E-state index in [4.69, 9.17) is 0 Å². The molecule has 1 saturated heterocycles. The Balaban J connectivity index is 1.75. The van der Waals surface area contributed by atoms with E-state index in [1.54, 1.807) is 0 Å². The van der Waals surface area contributed by atoms with E-state index < -0.39 is 0 Å². The van der Waals surface area contributed by atoms with Crippen molar-refractivity contribution >= 4 is 11.9 Å². The molecule has 2 N–H and O–H groups in total. The number of nitrogens with one attached hydrogen (secondary N) is 2. The van der Waals surface area contributed by atoms with Crippen molar-refractivity contribution in [2.75, 3.05) is 13.1 Å². The topological polar surface area (TPSA) is 79.3 Å². The van der Waals surface area contributed by atoms with Gasteiger partial charge < -0.3 is 15.5 Å². The molecule has 2 rings (SSSR count). The monoisotopic (exact) mass is 349 g/mol. The summed E-state index contributed by atoms with van der Waals surface area (Å²) in [6.07, 6.45) is 0.367. The standard InChI is InChI=1S/C18H31N5O2/c1-12(10-23-14(3)7-13(2)21-23)9-19-17(25)20-15-8-16(24)22(11-15)18(4,5)6/h7,12,15H,8-11H2,1-6H3,(H2,19,20,25)/t12-,15-/m1/s1. The second kappa shape index (κ2) is 7.45. The lowest BCUT2D eigenvalue weighted by Crippen LogP contribution is -2.47. The summed E-state index contributed by atoms with van der Waals surface area (Å²) in [5, 5.41) is 10.3. The number of likely N-dealkylation sites (tertiary alicyclic amines) is 1. The summed E-state index contributed by atoms with van der Waals surface area (Å²) in [7, 11) is 0. The molecular formula is C18H31N5O2. The Morgan fingerprint density at radius 1 is 1.40 bits per heavy atom. The first-order chi connectivity index (χ1) is 11.6. The Bertz CT molecular complexity index is 632. The second-order valence-electron chi connectivity index (χ2n) is 8.14. The maximum absolute atomic E-state index is 12.1. The highest BCUT2D eigenvalue weighted by molar-refractivity contribution is 5.82. The number of hydrogen-bond donors (Lipinski definition) is 2. The molecule has 3 amide bonds. The third-order valence-electron chi connectivity index (χ3n) is 4.47. The SMILES string of the molecule is Cc1cc(C)n(C[C@H](C)CNC(=O)N[C@@H]2CC(=O)N(C(C)(C)C)C2)n1. The van der Waals surface area contributed by atoms with Gasteiger partial charge in [0.1, 0.15) is 0 Å². The maximum atomic E-state index is 12.1. The van der Waals surface area contributed by atoms with Gasteiger partial charge in [-0.25, -0.2) is 4.79 Å². The van der Waals surface area contributed by atoms with Crippen molar-refractivity contribution in [3.8, 4) is 0 Å². The van der Waals surface area contributed by atoms with Crippen LogP contribution in [0.15, 0.2) is 6.07 Å². The zero-order valence-corrected chi connectivity index (χ0v) is 16.2. The van der Waals surface area contributed by atoms with Crippen LogP contribution in [0.2, 0.25) is 0 Å². The Morgan fingerprint density at radius 2 is 2.08 bits per heavy atom. The highest BCUT2D eigenvalue weighted by Gasteiger charge is 2.36. The van der Waals surface area contributed by atoms with Crippen LogP contribution >= 0.6 is 0 Å². The average Bonchev–Trinajstić information content (AvgIpc) is 2.99. The fourth-order valence-corrected chi connectivity index (χ4v) is 3.18. The summed E-state index contributed by atoms with van der Waals surface area (Å²) in [5.41, 5.74) is 1.92. The molecule has 1 fully saturated rings. The van der Waals surface area contributed by atoms with E-state index in [0.29, 0.717) is 19.5 Å². The Hall–Kier alpha value is -2.05. The number of nitrogens with zero attached hydrogens (tertiary/aromatic N) is 3. The van der Waals surface area contributed by atoms with E-state index in [2.05, 4.69) is 22.7 Å². The lowest BCUT2D eigenvalue weighted by Gasteiger charge is -2.32. The molecule has 0 aliphatic carbocycles. The van der Waals surface area contributed by atoms with Crippen molar-refractivity contribution in [3.05, 3.63) is 17.5 Å². The molecule has 0 aromatic carbocycles. The number of hydrogen-bond acceptors (Lipinski definition) is 3. The van der Waals surface area contributed by atoms with E-state index in [0.717, 1.165) is 17.9 Å². The van der Waals surface area contributed by atoms with Crippen LogP contribution in [0.25, 0.3) is 0 Å². The maximum Gasteiger partial charge on any atom is 0.315 e. The molecule has 1 aliphatic heterocycles. The summed E-state index contributed by atoms with van der Waals surface area (Å²) in [6, 6.07) is 1.71. The average molecular weight is 349 g/mol. The van der Waals surface area contributed by atoms with Gasteiger partial charge in [0, 0.05) is 37.3 Å². The van der Waals surface area contributed by atoms with Gasteiger partial charge in [-0.1, -0.05) is 6.92 Å². The molecule has 140 valence electrons. The van der Waals surface area contributed by atoms with Crippen LogP contribution < -0.4 is 10.6 Å². The minimum atomic E-state index is -0.214. The molecule has 2 heterocycles. The largest absolute Gasteiger partial charge is 0.338 e. The first-order valence-corrected chi connectivity index (χ1v) is 8.92. The van der Waals surface area contributed by atoms with E-state index in [-0.39, 0.29) is 29.4 Å². The van der Waals surface area contributed by atoms with Gasteiger partial charge >= 0.3 is 6.03 Å². The Morgan fingerprint density at radius 3 is 2.60 bits per heavy atom. The minimum Gasteiger partial charge on any atom is -0.338 e. The Labute approximate surface area is 150 Å². The molecule has 0 bridgehead atoms. The molecule has 0 unspecified atom stereocenters. The van der Waals surface area contributed by atoms with Crippen molar-refractivity contribution in [1.82, 2.24) is 25.3 Å². The van der Waals surface area contributed by atoms with Gasteiger partial charge in [0.15, 0.2) is 0 Å². The van der Waals surface area contributed by atoms with Crippen LogP contribution in [-0.2, 0) is 11.3 Å². The van der Waals surface area contributed by atoms with Gasteiger partial charge in [-0.05, 0) is 46.6 Å². The number of aryl methyl sites for hydroxylation is 2. The number of carbonyl (C=O) groups is 2. The van der Waals surface area contributed by atoms with Crippen molar-refractivity contribution in [1.29, 1.82) is 0 Å². The smallest absolute Gasteiger partial charge is 0.315 e. The van der Waals surface area contributed by atoms with Crippen molar-refractivity contribution in [2.45, 2.75) is 66.1 Å². The zero-order valence-electron chi connectivity index (χ0n) is 16.2. The molecular weight excluding hydrogens is 318 g/mol. The molecule has 25 heavy (non-hydrogen) atoms. The summed E-state index contributed by atoms with van der Waals surface area (Å²) < 4.78 is 1.97. The summed E-state index contributed by atoms with van der Waals surface area (Å²) in [4.78, 5) is 26.0. The van der Waals surface area contributed by atoms with Crippen LogP contribution in [0.3, 0.4) is 0 Å².